The number of halogens is 1. The van der Waals surface area contributed by atoms with E-state index in [1.165, 1.54) is 5.57 Å². The van der Waals surface area contributed by atoms with E-state index in [1.54, 1.807) is 0 Å². The maximum Gasteiger partial charge on any atom is 0.138 e. The monoisotopic (exact) mass is 246 g/mol. The lowest BCUT2D eigenvalue weighted by atomic mass is 10.2. The van der Waals surface area contributed by atoms with Crippen LogP contribution in [-0.2, 0) is 0 Å². The van der Waals surface area contributed by atoms with Gasteiger partial charge in [0.2, 0.25) is 0 Å². The maximum absolute atomic E-state index is 6.10. The molecule has 0 atom stereocenters. The Labute approximate surface area is 107 Å². The van der Waals surface area contributed by atoms with Crippen LogP contribution in [0.5, 0.6) is 5.75 Å². The molecule has 0 bridgehead atoms. The van der Waals surface area contributed by atoms with Crippen LogP contribution in [0, 0.1) is 6.92 Å². The Kier molecular flexibility index (Phi) is 4.05. The Morgan fingerprint density at radius 2 is 2.18 bits per heavy atom. The highest BCUT2D eigenvalue weighted by molar-refractivity contribution is 6.32. The topological polar surface area (TPSA) is 9.23 Å². The maximum atomic E-state index is 6.10. The summed E-state index contributed by atoms with van der Waals surface area (Å²) in [5, 5.41) is 0.668. The van der Waals surface area contributed by atoms with Gasteiger partial charge in [0.15, 0.2) is 0 Å². The minimum absolute atomic E-state index is 0.557. The van der Waals surface area contributed by atoms with Gasteiger partial charge in [0.05, 0.1) is 5.02 Å². The minimum Gasteiger partial charge on any atom is -0.487 e. The number of allylic oxidation sites excluding steroid dienone is 4. The lowest BCUT2D eigenvalue weighted by molar-refractivity contribution is 0.355. The van der Waals surface area contributed by atoms with Crippen molar-refractivity contribution in [3.8, 4) is 5.75 Å². The van der Waals surface area contributed by atoms with Crippen molar-refractivity contribution in [2.45, 2.75) is 13.3 Å². The van der Waals surface area contributed by atoms with E-state index in [1.807, 2.05) is 37.3 Å². The molecule has 1 aliphatic rings. The molecule has 2 rings (SSSR count). The van der Waals surface area contributed by atoms with Gasteiger partial charge >= 0.3 is 0 Å². The molecule has 1 aromatic carbocycles. The van der Waals surface area contributed by atoms with Crippen molar-refractivity contribution in [1.29, 1.82) is 0 Å². The normalized spacial score (nSPS) is 14.4. The molecule has 0 unspecified atom stereocenters. The van der Waals surface area contributed by atoms with E-state index < -0.39 is 0 Å². The van der Waals surface area contributed by atoms with Crippen molar-refractivity contribution in [2.75, 3.05) is 6.61 Å². The lowest BCUT2D eigenvalue weighted by Crippen LogP contribution is -2.00. The van der Waals surface area contributed by atoms with E-state index in [-0.39, 0.29) is 0 Å². The highest BCUT2D eigenvalue weighted by Crippen LogP contribution is 2.25. The van der Waals surface area contributed by atoms with Crippen molar-refractivity contribution < 1.29 is 4.74 Å². The molecule has 1 aromatic rings. The van der Waals surface area contributed by atoms with Crippen LogP contribution < -0.4 is 4.74 Å². The zero-order valence-corrected chi connectivity index (χ0v) is 10.6. The van der Waals surface area contributed by atoms with Gasteiger partial charge in [0, 0.05) is 0 Å². The van der Waals surface area contributed by atoms with Gasteiger partial charge in [0.1, 0.15) is 12.4 Å². The van der Waals surface area contributed by atoms with Crippen LogP contribution in [0.15, 0.2) is 54.2 Å². The molecular weight excluding hydrogens is 232 g/mol. The van der Waals surface area contributed by atoms with Crippen LogP contribution >= 0.6 is 11.6 Å². The molecular formula is C15H15ClO. The van der Waals surface area contributed by atoms with Crippen molar-refractivity contribution in [2.24, 2.45) is 0 Å². The third kappa shape index (κ3) is 3.50. The first-order chi connectivity index (χ1) is 8.25. The summed E-state index contributed by atoms with van der Waals surface area (Å²) in [7, 11) is 0. The van der Waals surface area contributed by atoms with Gasteiger partial charge in [-0.25, -0.2) is 0 Å². The zero-order valence-electron chi connectivity index (χ0n) is 9.82. The second kappa shape index (κ2) is 5.74. The molecule has 0 heterocycles. The highest BCUT2D eigenvalue weighted by atomic mass is 35.5. The molecule has 0 aromatic heterocycles. The molecule has 0 radical (unpaired) electrons. The predicted molar refractivity (Wildman–Crippen MR) is 72.7 cm³/mol. The van der Waals surface area contributed by atoms with Gasteiger partial charge in [-0.1, -0.05) is 48.0 Å². The molecule has 0 saturated carbocycles. The van der Waals surface area contributed by atoms with E-state index in [0.29, 0.717) is 11.6 Å². The van der Waals surface area contributed by atoms with Crippen LogP contribution in [0.4, 0.5) is 0 Å². The molecule has 0 spiro atoms. The Morgan fingerprint density at radius 1 is 1.29 bits per heavy atom. The summed E-state index contributed by atoms with van der Waals surface area (Å²) in [5.74, 6) is 0.740. The number of aryl methyl sites for hydroxylation is 1. The summed E-state index contributed by atoms with van der Waals surface area (Å²) in [6.45, 7) is 2.57. The smallest absolute Gasteiger partial charge is 0.138 e. The fourth-order valence-electron chi connectivity index (χ4n) is 1.61. The first-order valence-corrected chi connectivity index (χ1v) is 6.05. The summed E-state index contributed by atoms with van der Waals surface area (Å²) in [6, 6.07) is 5.83. The summed E-state index contributed by atoms with van der Waals surface area (Å²) < 4.78 is 5.71. The summed E-state index contributed by atoms with van der Waals surface area (Å²) in [5.41, 5.74) is 2.31. The van der Waals surface area contributed by atoms with Gasteiger partial charge in [-0.15, -0.1) is 0 Å². The molecule has 1 aliphatic carbocycles. The van der Waals surface area contributed by atoms with E-state index >= 15 is 0 Å². The first-order valence-electron chi connectivity index (χ1n) is 5.67. The van der Waals surface area contributed by atoms with Crippen LogP contribution in [0.1, 0.15) is 12.0 Å². The number of rotatable bonds is 3. The van der Waals surface area contributed by atoms with E-state index in [0.717, 1.165) is 17.7 Å². The number of ether oxygens (including phenoxy) is 1. The van der Waals surface area contributed by atoms with Crippen molar-refractivity contribution in [3.63, 3.8) is 0 Å². The van der Waals surface area contributed by atoms with E-state index in [4.69, 9.17) is 16.3 Å². The molecule has 2 heteroatoms. The van der Waals surface area contributed by atoms with Gasteiger partial charge < -0.3 is 4.74 Å². The Morgan fingerprint density at radius 3 is 3.00 bits per heavy atom. The Hall–Kier alpha value is -1.47. The van der Waals surface area contributed by atoms with Crippen LogP contribution in [-0.4, -0.2) is 6.61 Å². The molecule has 0 saturated heterocycles. The standard InChI is InChI=1S/C15H15ClO/c1-12-8-9-15(14(16)10-12)17-11-13-6-4-2-3-5-7-13/h2-4,6-10H,5,11H2,1H3. The Bertz CT molecular complexity index is 484. The first kappa shape index (κ1) is 12.0. The van der Waals surface area contributed by atoms with Gasteiger partial charge in [0.25, 0.3) is 0 Å². The fraction of sp³-hybridized carbons (Fsp3) is 0.200. The average molecular weight is 247 g/mol. The largest absolute Gasteiger partial charge is 0.487 e. The summed E-state index contributed by atoms with van der Waals surface area (Å²) in [6.07, 6.45) is 11.4. The van der Waals surface area contributed by atoms with Crippen LogP contribution in [0.25, 0.3) is 0 Å². The predicted octanol–water partition coefficient (Wildman–Crippen LogP) is 4.47. The molecule has 17 heavy (non-hydrogen) atoms. The highest BCUT2D eigenvalue weighted by Gasteiger charge is 2.02. The average Bonchev–Trinajstić information content (AvgIpc) is 2.56. The van der Waals surface area contributed by atoms with Crippen molar-refractivity contribution in [3.05, 3.63) is 64.7 Å². The Balaban J connectivity index is 2.00. The minimum atomic E-state index is 0.557. The third-order valence-corrected chi connectivity index (χ3v) is 2.85. The SMILES string of the molecule is Cc1ccc(OCC2=CCC=CC=C2)c(Cl)c1. The van der Waals surface area contributed by atoms with Crippen molar-refractivity contribution in [1.82, 2.24) is 0 Å². The van der Waals surface area contributed by atoms with Gasteiger partial charge in [-0.05, 0) is 36.6 Å². The molecule has 0 N–H and O–H groups in total. The lowest BCUT2D eigenvalue weighted by Gasteiger charge is -2.09. The van der Waals surface area contributed by atoms with Gasteiger partial charge in [-0.3, -0.25) is 0 Å². The molecule has 0 aliphatic heterocycles. The van der Waals surface area contributed by atoms with Crippen molar-refractivity contribution >= 4 is 11.6 Å². The number of hydrogen-bond donors (Lipinski definition) is 0. The van der Waals surface area contributed by atoms with Crippen LogP contribution in [0.3, 0.4) is 0 Å². The van der Waals surface area contributed by atoms with E-state index in [2.05, 4.69) is 18.2 Å². The molecule has 0 fully saturated rings. The zero-order chi connectivity index (χ0) is 12.1. The summed E-state index contributed by atoms with van der Waals surface area (Å²) >= 11 is 6.10. The summed E-state index contributed by atoms with van der Waals surface area (Å²) in [4.78, 5) is 0. The second-order valence-electron chi connectivity index (χ2n) is 4.02. The fourth-order valence-corrected chi connectivity index (χ4v) is 1.90. The van der Waals surface area contributed by atoms with Crippen LogP contribution in [0.2, 0.25) is 5.02 Å². The third-order valence-electron chi connectivity index (χ3n) is 2.56. The molecule has 0 amide bonds. The molecule has 88 valence electrons. The number of benzene rings is 1. The quantitative estimate of drug-likeness (QED) is 0.765. The van der Waals surface area contributed by atoms with Gasteiger partial charge in [-0.2, -0.15) is 0 Å². The van der Waals surface area contributed by atoms with E-state index in [9.17, 15) is 0 Å². The number of hydrogen-bond acceptors (Lipinski definition) is 1. The second-order valence-corrected chi connectivity index (χ2v) is 4.43. The molecule has 1 nitrogen and oxygen atoms in total.